The average Bonchev–Trinajstić information content (AvgIpc) is 2.88. The fraction of sp³-hybridized carbons (Fsp3) is 0.688. The zero-order valence-corrected chi connectivity index (χ0v) is 12.0. The number of aromatic nitrogens is 1. The Labute approximate surface area is 120 Å². The van der Waals surface area contributed by atoms with Crippen LogP contribution in [0.5, 0.6) is 0 Å². The van der Waals surface area contributed by atoms with Crippen LogP contribution in [0.2, 0.25) is 0 Å². The number of nitrogens with zero attached hydrogens (tertiary/aromatic N) is 1. The van der Waals surface area contributed by atoms with Gasteiger partial charge in [0.15, 0.2) is 0 Å². The topological polar surface area (TPSA) is 43.4 Å². The van der Waals surface area contributed by atoms with Crippen molar-refractivity contribution in [2.75, 3.05) is 26.3 Å². The third kappa shape index (κ3) is 3.19. The van der Waals surface area contributed by atoms with Gasteiger partial charge in [0.25, 0.3) is 0 Å². The number of rotatable bonds is 5. The van der Waals surface area contributed by atoms with Gasteiger partial charge in [-0.25, -0.2) is 0 Å². The normalized spacial score (nSPS) is 25.1. The molecular weight excluding hydrogens is 252 g/mol. The summed E-state index contributed by atoms with van der Waals surface area (Å²) in [5.74, 6) is 0.665. The van der Waals surface area contributed by atoms with Crippen LogP contribution in [0.25, 0.3) is 0 Å². The summed E-state index contributed by atoms with van der Waals surface area (Å²) < 4.78 is 11.9. The Hall–Kier alpha value is -0.970. The van der Waals surface area contributed by atoms with Crippen molar-refractivity contribution in [3.8, 4) is 0 Å². The third-order valence-electron chi connectivity index (χ3n) is 4.65. The first-order valence-corrected chi connectivity index (χ1v) is 7.70. The quantitative estimate of drug-likeness (QED) is 0.837. The fourth-order valence-corrected chi connectivity index (χ4v) is 3.49. The lowest BCUT2D eigenvalue weighted by atomic mass is 9.78. The summed E-state index contributed by atoms with van der Waals surface area (Å²) in [5, 5.41) is 3.43. The summed E-state index contributed by atoms with van der Waals surface area (Å²) in [6, 6.07) is 4.01. The van der Waals surface area contributed by atoms with Crippen LogP contribution >= 0.6 is 0 Å². The maximum Gasteiger partial charge on any atom is 0.0736 e. The van der Waals surface area contributed by atoms with Gasteiger partial charge in [-0.1, -0.05) is 6.07 Å². The summed E-state index contributed by atoms with van der Waals surface area (Å²) in [5.41, 5.74) is 1.29. The molecule has 4 heteroatoms. The zero-order chi connectivity index (χ0) is 13.7. The van der Waals surface area contributed by atoms with Gasteiger partial charge >= 0.3 is 0 Å². The molecule has 3 rings (SSSR count). The molecule has 1 aromatic rings. The highest BCUT2D eigenvalue weighted by Gasteiger charge is 2.44. The maximum absolute atomic E-state index is 6.10. The molecular formula is C16H24N2O2. The molecule has 1 atom stereocenters. The van der Waals surface area contributed by atoms with Gasteiger partial charge in [-0.15, -0.1) is 0 Å². The third-order valence-corrected chi connectivity index (χ3v) is 4.65. The standard InChI is InChI=1S/C16H24N2O2/c1-2-14(12-18-7-1)13-19-10-3-15-4-11-20-16(15)5-8-17-9-6-16/h1-2,7,12,15,17H,3-6,8-11,13H2. The van der Waals surface area contributed by atoms with E-state index in [4.69, 9.17) is 9.47 Å². The van der Waals surface area contributed by atoms with Gasteiger partial charge in [0.05, 0.1) is 12.2 Å². The van der Waals surface area contributed by atoms with E-state index in [1.54, 1.807) is 6.20 Å². The molecule has 2 aliphatic rings. The molecule has 1 aromatic heterocycles. The highest BCUT2D eigenvalue weighted by Crippen LogP contribution is 2.40. The van der Waals surface area contributed by atoms with E-state index in [-0.39, 0.29) is 5.60 Å². The van der Waals surface area contributed by atoms with Crippen molar-refractivity contribution in [2.45, 2.75) is 37.9 Å². The van der Waals surface area contributed by atoms with Crippen LogP contribution in [0.4, 0.5) is 0 Å². The van der Waals surface area contributed by atoms with Gasteiger partial charge in [-0.05, 0) is 56.3 Å². The Morgan fingerprint density at radius 2 is 2.30 bits per heavy atom. The Balaban J connectivity index is 1.43. The van der Waals surface area contributed by atoms with E-state index in [0.29, 0.717) is 12.5 Å². The van der Waals surface area contributed by atoms with Crippen LogP contribution in [0, 0.1) is 5.92 Å². The first-order valence-electron chi connectivity index (χ1n) is 7.70. The Kier molecular flexibility index (Phi) is 4.65. The summed E-state index contributed by atoms with van der Waals surface area (Å²) in [6.07, 6.45) is 8.27. The first-order chi connectivity index (χ1) is 9.89. The lowest BCUT2D eigenvalue weighted by Crippen LogP contribution is -2.46. The van der Waals surface area contributed by atoms with E-state index in [2.05, 4.69) is 16.4 Å². The molecule has 2 fully saturated rings. The Bertz CT molecular complexity index is 404. The number of piperidine rings is 1. The summed E-state index contributed by atoms with van der Waals surface area (Å²) in [4.78, 5) is 4.10. The molecule has 110 valence electrons. The SMILES string of the molecule is c1cncc(COCCC2CCOC23CCNCC3)c1. The summed E-state index contributed by atoms with van der Waals surface area (Å²) in [7, 11) is 0. The number of nitrogens with one attached hydrogen (secondary N) is 1. The van der Waals surface area contributed by atoms with Crippen molar-refractivity contribution in [1.29, 1.82) is 0 Å². The van der Waals surface area contributed by atoms with Gasteiger partial charge in [-0.2, -0.15) is 0 Å². The molecule has 0 aromatic carbocycles. The molecule has 0 amide bonds. The summed E-state index contributed by atoms with van der Waals surface area (Å²) >= 11 is 0. The van der Waals surface area contributed by atoms with Crippen LogP contribution in [-0.4, -0.2) is 36.9 Å². The van der Waals surface area contributed by atoms with Gasteiger partial charge in [0.2, 0.25) is 0 Å². The minimum atomic E-state index is 0.142. The van der Waals surface area contributed by atoms with Crippen LogP contribution in [-0.2, 0) is 16.1 Å². The number of hydrogen-bond acceptors (Lipinski definition) is 4. The molecule has 1 spiro atoms. The Morgan fingerprint density at radius 3 is 3.10 bits per heavy atom. The monoisotopic (exact) mass is 276 g/mol. The van der Waals surface area contributed by atoms with Crippen LogP contribution in [0.3, 0.4) is 0 Å². The van der Waals surface area contributed by atoms with Crippen LogP contribution in [0.15, 0.2) is 24.5 Å². The van der Waals surface area contributed by atoms with Crippen LogP contribution < -0.4 is 5.32 Å². The van der Waals surface area contributed by atoms with Crippen LogP contribution in [0.1, 0.15) is 31.2 Å². The fourth-order valence-electron chi connectivity index (χ4n) is 3.49. The molecule has 2 saturated heterocycles. The number of hydrogen-bond donors (Lipinski definition) is 1. The van der Waals surface area contributed by atoms with Gasteiger partial charge in [-0.3, -0.25) is 4.98 Å². The minimum Gasteiger partial charge on any atom is -0.377 e. The molecule has 20 heavy (non-hydrogen) atoms. The van der Waals surface area contributed by atoms with Crippen molar-refractivity contribution < 1.29 is 9.47 Å². The molecule has 0 aliphatic carbocycles. The van der Waals surface area contributed by atoms with E-state index in [0.717, 1.165) is 51.1 Å². The van der Waals surface area contributed by atoms with E-state index in [1.165, 1.54) is 6.42 Å². The average molecular weight is 276 g/mol. The predicted molar refractivity (Wildman–Crippen MR) is 77.4 cm³/mol. The van der Waals surface area contributed by atoms with Crippen molar-refractivity contribution in [1.82, 2.24) is 10.3 Å². The van der Waals surface area contributed by atoms with E-state index < -0.39 is 0 Å². The van der Waals surface area contributed by atoms with Gasteiger partial charge < -0.3 is 14.8 Å². The highest BCUT2D eigenvalue weighted by molar-refractivity contribution is 5.06. The van der Waals surface area contributed by atoms with Gasteiger partial charge in [0, 0.05) is 25.6 Å². The molecule has 1 N–H and O–H groups in total. The second kappa shape index (κ2) is 6.66. The number of ether oxygens (including phenoxy) is 2. The smallest absolute Gasteiger partial charge is 0.0736 e. The van der Waals surface area contributed by atoms with E-state index >= 15 is 0 Å². The second-order valence-electron chi connectivity index (χ2n) is 5.85. The molecule has 0 radical (unpaired) electrons. The predicted octanol–water partition coefficient (Wildman–Crippen LogP) is 2.15. The van der Waals surface area contributed by atoms with E-state index in [9.17, 15) is 0 Å². The summed E-state index contributed by atoms with van der Waals surface area (Å²) in [6.45, 7) is 4.58. The lowest BCUT2D eigenvalue weighted by molar-refractivity contribution is -0.0515. The molecule has 3 heterocycles. The lowest BCUT2D eigenvalue weighted by Gasteiger charge is -2.38. The molecule has 0 bridgehead atoms. The zero-order valence-electron chi connectivity index (χ0n) is 12.0. The number of pyridine rings is 1. The van der Waals surface area contributed by atoms with Crippen molar-refractivity contribution in [3.63, 3.8) is 0 Å². The highest BCUT2D eigenvalue weighted by atomic mass is 16.5. The first kappa shape index (κ1) is 14.0. The van der Waals surface area contributed by atoms with Crippen molar-refractivity contribution in [2.24, 2.45) is 5.92 Å². The molecule has 1 unspecified atom stereocenters. The van der Waals surface area contributed by atoms with E-state index in [1.807, 2.05) is 12.3 Å². The molecule has 4 nitrogen and oxygen atoms in total. The van der Waals surface area contributed by atoms with Crippen molar-refractivity contribution in [3.05, 3.63) is 30.1 Å². The molecule has 0 saturated carbocycles. The van der Waals surface area contributed by atoms with Gasteiger partial charge in [0.1, 0.15) is 0 Å². The van der Waals surface area contributed by atoms with Crippen molar-refractivity contribution >= 4 is 0 Å². The maximum atomic E-state index is 6.10. The minimum absolute atomic E-state index is 0.142. The Morgan fingerprint density at radius 1 is 1.40 bits per heavy atom. The largest absolute Gasteiger partial charge is 0.377 e. The second-order valence-corrected chi connectivity index (χ2v) is 5.85. The molecule has 2 aliphatic heterocycles.